The molecule has 5 nitrogen and oxygen atoms in total. The minimum Gasteiger partial charge on any atom is -0.372 e. The monoisotopic (exact) mass is 301 g/mol. The van der Waals surface area contributed by atoms with Crippen molar-refractivity contribution in [1.82, 2.24) is 14.3 Å². The molecule has 1 amide bonds. The van der Waals surface area contributed by atoms with Gasteiger partial charge in [0.05, 0.1) is 17.9 Å². The number of hydrogen-bond donors (Lipinski definition) is 0. The molecule has 2 atom stereocenters. The fraction of sp³-hybridized carbons (Fsp3) is 0.529. The van der Waals surface area contributed by atoms with Crippen molar-refractivity contribution in [3.05, 3.63) is 35.3 Å². The molecule has 3 heterocycles. The van der Waals surface area contributed by atoms with E-state index in [0.29, 0.717) is 18.8 Å². The quantitative estimate of drug-likeness (QED) is 0.856. The molecule has 0 radical (unpaired) electrons. The average molecular weight is 301 g/mol. The van der Waals surface area contributed by atoms with E-state index in [1.807, 2.05) is 55.3 Å². The number of carbonyl (C=O) groups is 1. The molecule has 0 aromatic carbocycles. The summed E-state index contributed by atoms with van der Waals surface area (Å²) in [6.45, 7) is 9.34. The van der Waals surface area contributed by atoms with Crippen LogP contribution in [-0.4, -0.2) is 45.5 Å². The first-order chi connectivity index (χ1) is 10.5. The number of carbonyl (C=O) groups excluding carboxylic acids is 1. The molecule has 1 aliphatic rings. The van der Waals surface area contributed by atoms with Gasteiger partial charge in [-0.25, -0.2) is 4.98 Å². The Morgan fingerprint density at radius 2 is 2.05 bits per heavy atom. The van der Waals surface area contributed by atoms with E-state index in [1.165, 1.54) is 0 Å². The van der Waals surface area contributed by atoms with Gasteiger partial charge in [-0.2, -0.15) is 0 Å². The Balaban J connectivity index is 2.05. The van der Waals surface area contributed by atoms with E-state index in [4.69, 9.17) is 4.74 Å². The van der Waals surface area contributed by atoms with Gasteiger partial charge < -0.3 is 9.64 Å². The molecule has 2 aromatic rings. The van der Waals surface area contributed by atoms with Crippen LogP contribution in [0.15, 0.2) is 18.3 Å². The Bertz CT molecular complexity index is 697. The number of aromatic nitrogens is 2. The van der Waals surface area contributed by atoms with Crippen molar-refractivity contribution in [2.75, 3.05) is 13.1 Å². The summed E-state index contributed by atoms with van der Waals surface area (Å²) in [5.74, 6) is 0.0527. The van der Waals surface area contributed by atoms with Crippen molar-refractivity contribution in [3.63, 3.8) is 0 Å². The van der Waals surface area contributed by atoms with Crippen LogP contribution in [0.1, 0.15) is 42.5 Å². The maximum Gasteiger partial charge on any atom is 0.272 e. The number of morpholine rings is 1. The highest BCUT2D eigenvalue weighted by atomic mass is 16.5. The number of hydrogen-bond acceptors (Lipinski definition) is 3. The van der Waals surface area contributed by atoms with Gasteiger partial charge in [0.2, 0.25) is 0 Å². The highest BCUT2D eigenvalue weighted by Crippen LogP contribution is 2.20. The van der Waals surface area contributed by atoms with Crippen LogP contribution in [0.5, 0.6) is 0 Å². The van der Waals surface area contributed by atoms with Gasteiger partial charge in [0, 0.05) is 19.3 Å². The Morgan fingerprint density at radius 1 is 1.36 bits per heavy atom. The highest BCUT2D eigenvalue weighted by molar-refractivity contribution is 5.95. The minimum atomic E-state index is 0.0527. The van der Waals surface area contributed by atoms with Crippen LogP contribution in [0.25, 0.3) is 5.65 Å². The zero-order valence-electron chi connectivity index (χ0n) is 13.7. The lowest BCUT2D eigenvalue weighted by Gasteiger charge is -2.35. The molecule has 22 heavy (non-hydrogen) atoms. The van der Waals surface area contributed by atoms with E-state index in [1.54, 1.807) is 0 Å². The van der Waals surface area contributed by atoms with Crippen molar-refractivity contribution in [1.29, 1.82) is 0 Å². The van der Waals surface area contributed by atoms with Crippen LogP contribution < -0.4 is 0 Å². The third kappa shape index (κ3) is 2.50. The molecule has 1 fully saturated rings. The second-order valence-electron chi connectivity index (χ2n) is 6.11. The molecule has 5 heteroatoms. The number of pyridine rings is 1. The maximum atomic E-state index is 13.1. The minimum absolute atomic E-state index is 0.0527. The smallest absolute Gasteiger partial charge is 0.272 e. The van der Waals surface area contributed by atoms with Crippen molar-refractivity contribution >= 4 is 11.6 Å². The van der Waals surface area contributed by atoms with E-state index >= 15 is 0 Å². The van der Waals surface area contributed by atoms with Crippen LogP contribution in [-0.2, 0) is 11.2 Å². The van der Waals surface area contributed by atoms with Gasteiger partial charge >= 0.3 is 0 Å². The standard InChI is InChI=1S/C17H23N3O2/c1-5-14-15(20-8-6-7-11(2)16(20)18-14)17(21)19-9-12(3)22-13(4)10-19/h6-8,12-13H,5,9-10H2,1-4H3. The number of ether oxygens (including phenoxy) is 1. The predicted molar refractivity (Wildman–Crippen MR) is 85.2 cm³/mol. The number of imidazole rings is 1. The Labute approximate surface area is 130 Å². The lowest BCUT2D eigenvalue weighted by atomic mass is 10.2. The molecule has 0 spiro atoms. The largest absolute Gasteiger partial charge is 0.372 e. The fourth-order valence-electron chi connectivity index (χ4n) is 3.22. The first-order valence-electron chi connectivity index (χ1n) is 7.92. The topological polar surface area (TPSA) is 46.8 Å². The average Bonchev–Trinajstić information content (AvgIpc) is 2.85. The van der Waals surface area contributed by atoms with Gasteiger partial charge in [0.1, 0.15) is 11.3 Å². The van der Waals surface area contributed by atoms with Crippen LogP contribution >= 0.6 is 0 Å². The SMILES string of the molecule is CCc1nc2c(C)cccn2c1C(=O)N1CC(C)OC(C)C1. The van der Waals surface area contributed by atoms with Crippen LogP contribution in [0.2, 0.25) is 0 Å². The zero-order valence-corrected chi connectivity index (χ0v) is 13.7. The molecule has 3 rings (SSSR count). The van der Waals surface area contributed by atoms with Gasteiger partial charge in [-0.15, -0.1) is 0 Å². The van der Waals surface area contributed by atoms with Gasteiger partial charge in [-0.3, -0.25) is 9.20 Å². The number of nitrogens with zero attached hydrogens (tertiary/aromatic N) is 3. The Kier molecular flexibility index (Phi) is 3.91. The molecule has 118 valence electrons. The zero-order chi connectivity index (χ0) is 15.9. The van der Waals surface area contributed by atoms with E-state index in [9.17, 15) is 4.79 Å². The van der Waals surface area contributed by atoms with E-state index in [-0.39, 0.29) is 18.1 Å². The Morgan fingerprint density at radius 3 is 2.68 bits per heavy atom. The highest BCUT2D eigenvalue weighted by Gasteiger charge is 2.30. The van der Waals surface area contributed by atoms with E-state index in [2.05, 4.69) is 4.98 Å². The molecule has 0 saturated carbocycles. The van der Waals surface area contributed by atoms with Crippen molar-refractivity contribution < 1.29 is 9.53 Å². The second kappa shape index (κ2) is 5.72. The summed E-state index contributed by atoms with van der Waals surface area (Å²) >= 11 is 0. The Hall–Kier alpha value is -1.88. The van der Waals surface area contributed by atoms with Crippen molar-refractivity contribution in [3.8, 4) is 0 Å². The summed E-state index contributed by atoms with van der Waals surface area (Å²) in [6, 6.07) is 3.99. The molecular formula is C17H23N3O2. The van der Waals surface area contributed by atoms with Crippen molar-refractivity contribution in [2.24, 2.45) is 0 Å². The molecule has 2 unspecified atom stereocenters. The predicted octanol–water partition coefficient (Wildman–Crippen LogP) is 2.45. The lowest BCUT2D eigenvalue weighted by Crippen LogP contribution is -2.48. The number of fused-ring (bicyclic) bond motifs is 1. The normalized spacial score (nSPS) is 22.3. The maximum absolute atomic E-state index is 13.1. The third-order valence-corrected chi connectivity index (χ3v) is 4.16. The van der Waals surface area contributed by atoms with Crippen LogP contribution in [0.3, 0.4) is 0 Å². The summed E-state index contributed by atoms with van der Waals surface area (Å²) < 4.78 is 7.66. The summed E-state index contributed by atoms with van der Waals surface area (Å²) in [7, 11) is 0. The van der Waals surface area contributed by atoms with Crippen LogP contribution in [0, 0.1) is 6.92 Å². The fourth-order valence-corrected chi connectivity index (χ4v) is 3.22. The number of aryl methyl sites for hydroxylation is 2. The molecule has 0 aliphatic carbocycles. The summed E-state index contributed by atoms with van der Waals surface area (Å²) in [4.78, 5) is 19.6. The third-order valence-electron chi connectivity index (χ3n) is 4.16. The first-order valence-corrected chi connectivity index (χ1v) is 7.92. The second-order valence-corrected chi connectivity index (χ2v) is 6.11. The molecule has 2 aromatic heterocycles. The lowest BCUT2D eigenvalue weighted by molar-refractivity contribution is -0.0587. The first kappa shape index (κ1) is 15.0. The van der Waals surface area contributed by atoms with Gasteiger partial charge in [0.25, 0.3) is 5.91 Å². The van der Waals surface area contributed by atoms with E-state index in [0.717, 1.165) is 23.3 Å². The molecule has 0 bridgehead atoms. The van der Waals surface area contributed by atoms with Gasteiger partial charge in [-0.05, 0) is 38.8 Å². The molecule has 0 N–H and O–H groups in total. The molecular weight excluding hydrogens is 278 g/mol. The summed E-state index contributed by atoms with van der Waals surface area (Å²) in [5, 5.41) is 0. The van der Waals surface area contributed by atoms with Crippen molar-refractivity contribution in [2.45, 2.75) is 46.3 Å². The number of amides is 1. The summed E-state index contributed by atoms with van der Waals surface area (Å²) in [6.07, 6.45) is 2.81. The number of rotatable bonds is 2. The van der Waals surface area contributed by atoms with Crippen LogP contribution in [0.4, 0.5) is 0 Å². The molecule has 1 aliphatic heterocycles. The van der Waals surface area contributed by atoms with Gasteiger partial charge in [-0.1, -0.05) is 13.0 Å². The molecule has 1 saturated heterocycles. The van der Waals surface area contributed by atoms with E-state index < -0.39 is 0 Å². The van der Waals surface area contributed by atoms with Gasteiger partial charge in [0.15, 0.2) is 0 Å². The summed E-state index contributed by atoms with van der Waals surface area (Å²) in [5.41, 5.74) is 3.52.